The van der Waals surface area contributed by atoms with Crippen LogP contribution in [0.15, 0.2) is 18.2 Å². The third-order valence-electron chi connectivity index (χ3n) is 9.04. The molecule has 17 heteroatoms. The normalized spacial score (nSPS) is 25.8. The Morgan fingerprint density at radius 3 is 2.14 bits per heavy atom. The molecule has 0 unspecified atom stereocenters. The van der Waals surface area contributed by atoms with Crippen LogP contribution in [0, 0.1) is 11.6 Å². The fourth-order valence-corrected chi connectivity index (χ4v) is 6.34. The molecular formula is C34H46F2N6O9. The van der Waals surface area contributed by atoms with E-state index in [2.05, 4.69) is 16.0 Å². The summed E-state index contributed by atoms with van der Waals surface area (Å²) >= 11 is 0. The zero-order valence-corrected chi connectivity index (χ0v) is 29.6. The largest absolute Gasteiger partial charge is 0.461 e. The van der Waals surface area contributed by atoms with Crippen LogP contribution in [0.2, 0.25) is 0 Å². The molecule has 0 spiro atoms. The van der Waals surface area contributed by atoms with Crippen LogP contribution in [0.4, 0.5) is 13.6 Å². The van der Waals surface area contributed by atoms with E-state index in [0.29, 0.717) is 18.9 Å². The Morgan fingerprint density at radius 1 is 0.941 bits per heavy atom. The van der Waals surface area contributed by atoms with Crippen LogP contribution >= 0.6 is 0 Å². The van der Waals surface area contributed by atoms with Gasteiger partial charge in [-0.1, -0.05) is 0 Å². The number of carbonyl (C=O) groups excluding carboxylic acids is 7. The van der Waals surface area contributed by atoms with Crippen LogP contribution < -0.4 is 16.0 Å². The molecule has 0 saturated carbocycles. The average Bonchev–Trinajstić information content (AvgIpc) is 3.73. The van der Waals surface area contributed by atoms with E-state index in [9.17, 15) is 42.3 Å². The van der Waals surface area contributed by atoms with E-state index >= 15 is 0 Å². The maximum Gasteiger partial charge on any atom is 0.408 e. The van der Waals surface area contributed by atoms with E-state index in [-0.39, 0.29) is 31.5 Å². The van der Waals surface area contributed by atoms with Crippen LogP contribution in [-0.2, 0) is 44.7 Å². The number of ether oxygens (including phenoxy) is 2. The minimum atomic E-state index is -1.59. The summed E-state index contributed by atoms with van der Waals surface area (Å²) in [5, 5.41) is 7.50. The SMILES string of the molecule is C[C@@H]1NC(=O)[C@H](C)N(C)C(=O)[C@@H]2CCCN2C(=O)[C@@H](NC(=O)[C@H](Cc2cc(F)cc(F)c2)NC(=O)OC(C)(C)C)COC(=O)[C@@H]2CCCN2C1=O. The summed E-state index contributed by atoms with van der Waals surface area (Å²) in [6, 6.07) is -4.63. The lowest BCUT2D eigenvalue weighted by Gasteiger charge is -2.34. The van der Waals surface area contributed by atoms with Gasteiger partial charge < -0.3 is 40.1 Å². The van der Waals surface area contributed by atoms with Gasteiger partial charge in [0.1, 0.15) is 60.1 Å². The van der Waals surface area contributed by atoms with Gasteiger partial charge in [-0.15, -0.1) is 0 Å². The summed E-state index contributed by atoms with van der Waals surface area (Å²) < 4.78 is 39.0. The maximum absolute atomic E-state index is 14.2. The van der Waals surface area contributed by atoms with Gasteiger partial charge in [0, 0.05) is 32.6 Å². The second-order valence-electron chi connectivity index (χ2n) is 14.1. The average molecular weight is 721 g/mol. The minimum Gasteiger partial charge on any atom is -0.461 e. The number of benzene rings is 1. The first-order valence-corrected chi connectivity index (χ1v) is 17.0. The number of amides is 6. The Balaban J connectivity index is 1.68. The summed E-state index contributed by atoms with van der Waals surface area (Å²) in [6.07, 6.45) is -0.0799. The monoisotopic (exact) mass is 720 g/mol. The van der Waals surface area contributed by atoms with Gasteiger partial charge >= 0.3 is 12.1 Å². The number of likely N-dealkylation sites (N-methyl/N-ethyl adjacent to an activating group) is 1. The number of hydrogen-bond donors (Lipinski definition) is 3. The molecule has 280 valence electrons. The fraction of sp³-hybridized carbons (Fsp3) is 0.618. The van der Waals surface area contributed by atoms with Gasteiger partial charge in [0.15, 0.2) is 0 Å². The first kappa shape index (κ1) is 39.0. The smallest absolute Gasteiger partial charge is 0.408 e. The van der Waals surface area contributed by atoms with Crippen LogP contribution in [0.25, 0.3) is 0 Å². The summed E-state index contributed by atoms with van der Waals surface area (Å²) in [5.41, 5.74) is -0.967. The van der Waals surface area contributed by atoms with E-state index in [1.165, 1.54) is 35.6 Å². The predicted molar refractivity (Wildman–Crippen MR) is 175 cm³/mol. The van der Waals surface area contributed by atoms with Crippen molar-refractivity contribution in [3.63, 3.8) is 0 Å². The third-order valence-corrected chi connectivity index (χ3v) is 9.04. The number of nitrogens with zero attached hydrogens (tertiary/aromatic N) is 3. The first-order chi connectivity index (χ1) is 23.9. The minimum absolute atomic E-state index is 0.00562. The van der Waals surface area contributed by atoms with Crippen molar-refractivity contribution in [2.24, 2.45) is 0 Å². The number of halogens is 2. The van der Waals surface area contributed by atoms with Crippen molar-refractivity contribution in [1.29, 1.82) is 0 Å². The van der Waals surface area contributed by atoms with Gasteiger partial charge in [0.2, 0.25) is 29.5 Å². The summed E-state index contributed by atoms with van der Waals surface area (Å²) in [6.45, 7) is 7.34. The fourth-order valence-electron chi connectivity index (χ4n) is 6.34. The lowest BCUT2D eigenvalue weighted by Crippen LogP contribution is -2.60. The number of hydrogen-bond acceptors (Lipinski definition) is 9. The summed E-state index contributed by atoms with van der Waals surface area (Å²) in [4.78, 5) is 98.0. The molecule has 6 amide bonds. The predicted octanol–water partition coefficient (Wildman–Crippen LogP) is 0.776. The molecule has 3 fully saturated rings. The molecule has 0 aromatic heterocycles. The van der Waals surface area contributed by atoms with Gasteiger partial charge in [-0.05, 0) is 78.0 Å². The highest BCUT2D eigenvalue weighted by Crippen LogP contribution is 2.24. The second-order valence-corrected chi connectivity index (χ2v) is 14.1. The van der Waals surface area contributed by atoms with Crippen molar-refractivity contribution >= 4 is 41.6 Å². The quantitative estimate of drug-likeness (QED) is 0.370. The van der Waals surface area contributed by atoms with E-state index in [0.717, 1.165) is 12.1 Å². The van der Waals surface area contributed by atoms with Crippen molar-refractivity contribution in [1.82, 2.24) is 30.7 Å². The highest BCUT2D eigenvalue weighted by Gasteiger charge is 2.43. The lowest BCUT2D eigenvalue weighted by molar-refractivity contribution is -0.157. The Labute approximate surface area is 294 Å². The van der Waals surface area contributed by atoms with Crippen molar-refractivity contribution in [2.75, 3.05) is 26.7 Å². The van der Waals surface area contributed by atoms with Gasteiger partial charge in [-0.25, -0.2) is 18.4 Å². The van der Waals surface area contributed by atoms with Crippen LogP contribution in [0.3, 0.4) is 0 Å². The molecule has 4 rings (SSSR count). The topological polar surface area (TPSA) is 184 Å². The molecule has 1 aromatic rings. The molecule has 51 heavy (non-hydrogen) atoms. The maximum atomic E-state index is 14.2. The molecule has 3 heterocycles. The molecule has 3 saturated heterocycles. The number of nitrogens with one attached hydrogen (secondary N) is 3. The Kier molecular flexibility index (Phi) is 12.2. The standard InChI is InChI=1S/C34H46F2N6O9/c1-18-29(45)42-12-8-10-26(42)32(48)50-17-24(30(46)41-11-7-9-25(41)31(47)40(6)19(2)27(43)37-18)38-28(44)23(39-33(49)51-34(3,4)5)15-20-13-21(35)16-22(36)14-20/h13-14,16,18-19,23-26H,7-12,15,17H2,1-6H3,(H,37,43)(H,38,44)(H,39,49)/t18-,19-,23-,24-,25-,26-/m0/s1. The van der Waals surface area contributed by atoms with Gasteiger partial charge in [0.05, 0.1) is 0 Å². The zero-order chi connectivity index (χ0) is 37.8. The number of alkyl carbamates (subject to hydrolysis) is 1. The molecule has 6 atom stereocenters. The Morgan fingerprint density at radius 2 is 1.53 bits per heavy atom. The van der Waals surface area contributed by atoms with Crippen LogP contribution in [0.1, 0.15) is 65.9 Å². The number of fused-ring (bicyclic) bond motifs is 2. The molecule has 3 N–H and O–H groups in total. The van der Waals surface area contributed by atoms with Gasteiger partial charge in [-0.2, -0.15) is 0 Å². The van der Waals surface area contributed by atoms with E-state index in [1.807, 2.05) is 0 Å². The van der Waals surface area contributed by atoms with Crippen molar-refractivity contribution in [2.45, 2.75) is 109 Å². The van der Waals surface area contributed by atoms with E-state index in [4.69, 9.17) is 9.47 Å². The van der Waals surface area contributed by atoms with Gasteiger partial charge in [0.25, 0.3) is 0 Å². The molecule has 0 aliphatic carbocycles. The van der Waals surface area contributed by atoms with E-state index < -0.39 is 108 Å². The second kappa shape index (κ2) is 16.0. The van der Waals surface area contributed by atoms with Crippen molar-refractivity contribution < 1.29 is 51.8 Å². The Hall–Kier alpha value is -4.83. The molecule has 1 aromatic carbocycles. The Bertz CT molecular complexity index is 1530. The molecule has 3 aliphatic heterocycles. The molecule has 0 bridgehead atoms. The zero-order valence-electron chi connectivity index (χ0n) is 29.6. The first-order valence-electron chi connectivity index (χ1n) is 17.0. The van der Waals surface area contributed by atoms with Crippen molar-refractivity contribution in [3.8, 4) is 0 Å². The number of cyclic esters (lactones) is 1. The molecule has 0 radical (unpaired) electrons. The van der Waals surface area contributed by atoms with Crippen LogP contribution in [-0.4, -0.2) is 125 Å². The summed E-state index contributed by atoms with van der Waals surface area (Å²) in [5.74, 6) is -6.17. The number of carbonyl (C=O) groups is 7. The molecule has 3 aliphatic rings. The van der Waals surface area contributed by atoms with E-state index in [1.54, 1.807) is 20.8 Å². The van der Waals surface area contributed by atoms with Crippen molar-refractivity contribution in [3.05, 3.63) is 35.4 Å². The highest BCUT2D eigenvalue weighted by atomic mass is 19.1. The molecule has 15 nitrogen and oxygen atoms in total. The van der Waals surface area contributed by atoms with Crippen LogP contribution in [0.5, 0.6) is 0 Å². The summed E-state index contributed by atoms with van der Waals surface area (Å²) in [7, 11) is 1.41. The lowest BCUT2D eigenvalue weighted by atomic mass is 10.0. The third kappa shape index (κ3) is 9.70. The number of rotatable bonds is 5. The molecular weight excluding hydrogens is 674 g/mol. The highest BCUT2D eigenvalue weighted by molar-refractivity contribution is 5.97. The van der Waals surface area contributed by atoms with Gasteiger partial charge in [-0.3, -0.25) is 24.0 Å². The number of esters is 1.